The minimum absolute atomic E-state index is 0.519. The first-order chi connectivity index (χ1) is 12.8. The molecule has 1 saturated heterocycles. The molecule has 154 valence electrons. The number of benzene rings is 1. The maximum Gasteiger partial charge on any atom is 0.208 e. The monoisotopic (exact) mass is 417 g/mol. The number of ether oxygens (including phenoxy) is 1. The van der Waals surface area contributed by atoms with Crippen LogP contribution in [0.5, 0.6) is 5.75 Å². The van der Waals surface area contributed by atoms with Gasteiger partial charge in [-0.15, -0.1) is 0 Å². The molecular weight excluding hydrogens is 386 g/mol. The Labute approximate surface area is 168 Å². The van der Waals surface area contributed by atoms with Crippen molar-refractivity contribution in [2.45, 2.75) is 38.5 Å². The molecule has 3 N–H and O–H groups in total. The Bertz CT molecular complexity index is 704. The van der Waals surface area contributed by atoms with Crippen molar-refractivity contribution in [1.29, 1.82) is 0 Å². The third-order valence-corrected chi connectivity index (χ3v) is 6.24. The number of rotatable bonds is 10. The lowest BCUT2D eigenvalue weighted by Gasteiger charge is -2.32. The van der Waals surface area contributed by atoms with Crippen molar-refractivity contribution in [2.75, 3.05) is 45.3 Å². The van der Waals surface area contributed by atoms with Gasteiger partial charge in [0, 0.05) is 12.6 Å². The maximum atomic E-state index is 11.1. The number of piperidine rings is 1. The van der Waals surface area contributed by atoms with E-state index < -0.39 is 10.0 Å². The van der Waals surface area contributed by atoms with Gasteiger partial charge in [-0.1, -0.05) is 18.0 Å². The number of nitrogens with one attached hydrogen (secondary N) is 1. The van der Waals surface area contributed by atoms with Gasteiger partial charge >= 0.3 is 0 Å². The van der Waals surface area contributed by atoms with Crippen LogP contribution in [0.25, 0.3) is 0 Å². The Morgan fingerprint density at radius 1 is 1.30 bits per heavy atom. The fourth-order valence-corrected chi connectivity index (χ4v) is 4.34. The lowest BCUT2D eigenvalue weighted by molar-refractivity contribution is 0.176. The quantitative estimate of drug-likeness (QED) is 0.451. The van der Waals surface area contributed by atoms with E-state index in [4.69, 9.17) is 22.1 Å². The Kier molecular flexibility index (Phi) is 8.66. The van der Waals surface area contributed by atoms with Gasteiger partial charge in [0.05, 0.1) is 24.1 Å². The lowest BCUT2D eigenvalue weighted by atomic mass is 9.90. The van der Waals surface area contributed by atoms with Gasteiger partial charge in [0.15, 0.2) is 0 Å². The average molecular weight is 418 g/mol. The Morgan fingerprint density at radius 3 is 2.63 bits per heavy atom. The first-order valence-corrected chi connectivity index (χ1v) is 11.8. The van der Waals surface area contributed by atoms with Crippen molar-refractivity contribution in [3.05, 3.63) is 22.7 Å². The first kappa shape index (κ1) is 22.3. The van der Waals surface area contributed by atoms with Gasteiger partial charge in [-0.05, 0) is 69.3 Å². The van der Waals surface area contributed by atoms with E-state index >= 15 is 0 Å². The average Bonchev–Trinajstić information content (AvgIpc) is 2.62. The zero-order chi connectivity index (χ0) is 19.9. The van der Waals surface area contributed by atoms with Crippen LogP contribution in [-0.4, -0.2) is 52.9 Å². The molecule has 1 heterocycles. The van der Waals surface area contributed by atoms with Crippen LogP contribution in [0.3, 0.4) is 0 Å². The summed E-state index contributed by atoms with van der Waals surface area (Å²) in [7, 11) is -1.41. The molecular formula is C19H32ClN3O3S. The minimum Gasteiger partial charge on any atom is -0.496 e. The molecule has 1 aliphatic rings. The number of nitrogens with zero attached hydrogens (tertiary/aromatic N) is 1. The number of halogens is 1. The molecule has 0 aromatic heterocycles. The number of nitrogen functional groups attached to an aromatic ring is 1. The number of hydrogen-bond acceptors (Lipinski definition) is 5. The van der Waals surface area contributed by atoms with Crippen molar-refractivity contribution in [1.82, 2.24) is 9.62 Å². The van der Waals surface area contributed by atoms with E-state index in [1.807, 2.05) is 6.07 Å². The van der Waals surface area contributed by atoms with Gasteiger partial charge in [0.2, 0.25) is 10.0 Å². The summed E-state index contributed by atoms with van der Waals surface area (Å²) in [5, 5.41) is 0.587. The minimum atomic E-state index is -3.07. The normalized spacial score (nSPS) is 16.6. The fraction of sp³-hybridized carbons (Fsp3) is 0.684. The van der Waals surface area contributed by atoms with Crippen molar-refractivity contribution in [2.24, 2.45) is 5.92 Å². The second-order valence-corrected chi connectivity index (χ2v) is 9.62. The molecule has 1 fully saturated rings. The van der Waals surface area contributed by atoms with Gasteiger partial charge in [-0.2, -0.15) is 0 Å². The van der Waals surface area contributed by atoms with Crippen LogP contribution >= 0.6 is 11.6 Å². The van der Waals surface area contributed by atoms with Gasteiger partial charge in [-0.3, -0.25) is 0 Å². The molecule has 8 heteroatoms. The van der Waals surface area contributed by atoms with E-state index in [9.17, 15) is 8.42 Å². The molecule has 1 aliphatic heterocycles. The van der Waals surface area contributed by atoms with E-state index in [2.05, 4.69) is 9.62 Å². The highest BCUT2D eigenvalue weighted by atomic mass is 35.5. The topological polar surface area (TPSA) is 84.7 Å². The van der Waals surface area contributed by atoms with Crippen LogP contribution in [0.4, 0.5) is 5.69 Å². The number of anilines is 1. The highest BCUT2D eigenvalue weighted by Crippen LogP contribution is 2.31. The standard InChI is InChI=1S/C19H32ClN3O3S/c1-26-19-14-18(21)17(20)13-16(19)6-3-5-15-7-11-23(12-8-15)10-4-9-22-27(2,24)25/h13-15,22H,3-12,21H2,1-2H3. The number of sulfonamides is 1. The molecule has 0 aliphatic carbocycles. The van der Waals surface area contributed by atoms with Crippen molar-refractivity contribution >= 4 is 27.3 Å². The number of aryl methyl sites for hydroxylation is 1. The number of methoxy groups -OCH3 is 1. The summed E-state index contributed by atoms with van der Waals surface area (Å²) < 4.78 is 30.1. The Morgan fingerprint density at radius 2 is 2.00 bits per heavy atom. The highest BCUT2D eigenvalue weighted by Gasteiger charge is 2.19. The number of nitrogens with two attached hydrogens (primary N) is 1. The molecule has 0 spiro atoms. The molecule has 6 nitrogen and oxygen atoms in total. The number of likely N-dealkylation sites (tertiary alicyclic amines) is 1. The molecule has 1 aromatic rings. The molecule has 0 amide bonds. The maximum absolute atomic E-state index is 11.1. The zero-order valence-electron chi connectivity index (χ0n) is 16.3. The van der Waals surface area contributed by atoms with E-state index in [1.54, 1.807) is 13.2 Å². The predicted octanol–water partition coefficient (Wildman–Crippen LogP) is 2.90. The second kappa shape index (κ2) is 10.5. The third-order valence-electron chi connectivity index (χ3n) is 5.18. The molecule has 0 saturated carbocycles. The summed E-state index contributed by atoms with van der Waals surface area (Å²) in [4.78, 5) is 2.43. The van der Waals surface area contributed by atoms with E-state index in [-0.39, 0.29) is 0 Å². The summed E-state index contributed by atoms with van der Waals surface area (Å²) in [5.41, 5.74) is 7.51. The van der Waals surface area contributed by atoms with Crippen LogP contribution in [-0.2, 0) is 16.4 Å². The molecule has 2 rings (SSSR count). The molecule has 0 bridgehead atoms. The summed E-state index contributed by atoms with van der Waals surface area (Å²) in [6, 6.07) is 3.72. The zero-order valence-corrected chi connectivity index (χ0v) is 17.9. The molecule has 0 unspecified atom stereocenters. The highest BCUT2D eigenvalue weighted by molar-refractivity contribution is 7.88. The van der Waals surface area contributed by atoms with E-state index in [0.29, 0.717) is 17.3 Å². The van der Waals surface area contributed by atoms with E-state index in [0.717, 1.165) is 56.1 Å². The Hall–Kier alpha value is -1.02. The molecule has 0 atom stereocenters. The molecule has 27 heavy (non-hydrogen) atoms. The van der Waals surface area contributed by atoms with Crippen LogP contribution in [0.1, 0.15) is 37.7 Å². The second-order valence-electron chi connectivity index (χ2n) is 7.38. The third kappa shape index (κ3) is 7.86. The summed E-state index contributed by atoms with van der Waals surface area (Å²) in [5.74, 6) is 1.57. The van der Waals surface area contributed by atoms with Gasteiger partial charge < -0.3 is 15.4 Å². The Balaban J connectivity index is 1.66. The van der Waals surface area contributed by atoms with Crippen molar-refractivity contribution in [3.8, 4) is 5.75 Å². The van der Waals surface area contributed by atoms with Gasteiger partial charge in [-0.25, -0.2) is 13.1 Å². The smallest absolute Gasteiger partial charge is 0.208 e. The van der Waals surface area contributed by atoms with Crippen molar-refractivity contribution < 1.29 is 13.2 Å². The summed E-state index contributed by atoms with van der Waals surface area (Å²) in [6.45, 7) is 3.67. The van der Waals surface area contributed by atoms with Crippen LogP contribution < -0.4 is 15.2 Å². The fourth-order valence-electron chi connectivity index (χ4n) is 3.64. The molecule has 0 radical (unpaired) electrons. The largest absolute Gasteiger partial charge is 0.496 e. The molecule has 1 aromatic carbocycles. The van der Waals surface area contributed by atoms with Crippen molar-refractivity contribution in [3.63, 3.8) is 0 Å². The first-order valence-electron chi connectivity index (χ1n) is 9.57. The van der Waals surface area contributed by atoms with E-state index in [1.165, 1.54) is 25.5 Å². The van der Waals surface area contributed by atoms with Gasteiger partial charge in [0.1, 0.15) is 5.75 Å². The summed E-state index contributed by atoms with van der Waals surface area (Å²) >= 11 is 6.14. The van der Waals surface area contributed by atoms with Crippen LogP contribution in [0.2, 0.25) is 5.02 Å². The van der Waals surface area contributed by atoms with Gasteiger partial charge in [0.25, 0.3) is 0 Å². The summed E-state index contributed by atoms with van der Waals surface area (Å²) in [6.07, 6.45) is 7.73. The van der Waals surface area contributed by atoms with Crippen LogP contribution in [0.15, 0.2) is 12.1 Å². The SMILES string of the molecule is COc1cc(N)c(Cl)cc1CCCC1CCN(CCCNS(C)(=O)=O)CC1. The lowest BCUT2D eigenvalue weighted by Crippen LogP contribution is -2.36. The number of hydrogen-bond donors (Lipinski definition) is 2. The predicted molar refractivity (Wildman–Crippen MR) is 112 cm³/mol. The van der Waals surface area contributed by atoms with Crippen LogP contribution in [0, 0.1) is 5.92 Å².